The zero-order valence-electron chi connectivity index (χ0n) is 22.4. The van der Waals surface area contributed by atoms with Crippen LogP contribution in [0.2, 0.25) is 5.02 Å². The second kappa shape index (κ2) is 11.1. The number of carbonyl (C=O) groups is 1. The summed E-state index contributed by atoms with van der Waals surface area (Å²) < 4.78 is 33.4. The number of nitrogens with one attached hydrogen (secondary N) is 1. The first-order valence-electron chi connectivity index (χ1n) is 13.4. The van der Waals surface area contributed by atoms with Crippen LogP contribution in [0.1, 0.15) is 29.6 Å². The molecule has 1 amide bonds. The van der Waals surface area contributed by atoms with Crippen LogP contribution >= 0.6 is 11.6 Å². The van der Waals surface area contributed by atoms with E-state index in [1.54, 1.807) is 13.2 Å². The standard InChI is InChI=1S/C32H28ClN3O4S/c1-40-24-12-11-21-17-23(10-9-22(21)18-24)30-20-27(26-7-3-4-8-29(26)34-30)32(37)35-31-19-25(13-14-28(31)33)41(38,39)36-15-5-2-6-16-36/h3-4,7-14,17-20H,2,5-6,15-16H2,1H3,(H,35,37). The number of anilines is 1. The number of pyridine rings is 1. The fraction of sp³-hybridized carbons (Fsp3) is 0.188. The third-order valence-electron chi connectivity index (χ3n) is 7.44. The van der Waals surface area contributed by atoms with Gasteiger partial charge in [-0.2, -0.15) is 4.31 Å². The number of nitrogens with zero attached hydrogens (tertiary/aromatic N) is 2. The molecular formula is C32H28ClN3O4S. The lowest BCUT2D eigenvalue weighted by molar-refractivity contribution is 0.102. The molecule has 1 N–H and O–H groups in total. The first-order valence-corrected chi connectivity index (χ1v) is 15.2. The van der Waals surface area contributed by atoms with Crippen molar-refractivity contribution in [2.45, 2.75) is 24.2 Å². The van der Waals surface area contributed by atoms with Gasteiger partial charge in [-0.3, -0.25) is 4.79 Å². The van der Waals surface area contributed by atoms with Crippen LogP contribution in [0.25, 0.3) is 32.9 Å². The van der Waals surface area contributed by atoms with Crippen LogP contribution < -0.4 is 10.1 Å². The topological polar surface area (TPSA) is 88.6 Å². The summed E-state index contributed by atoms with van der Waals surface area (Å²) in [5.41, 5.74) is 2.80. The molecule has 1 aromatic heterocycles. The number of methoxy groups -OCH3 is 1. The SMILES string of the molecule is COc1ccc2cc(-c3cc(C(=O)Nc4cc(S(=O)(=O)N5CCCCC5)ccc4Cl)c4ccccc4n3)ccc2c1. The molecule has 7 nitrogen and oxygen atoms in total. The van der Waals surface area contributed by atoms with E-state index in [-0.39, 0.29) is 15.6 Å². The van der Waals surface area contributed by atoms with Crippen molar-refractivity contribution in [1.29, 1.82) is 0 Å². The molecule has 6 rings (SSSR count). The predicted molar refractivity (Wildman–Crippen MR) is 163 cm³/mol. The zero-order valence-corrected chi connectivity index (χ0v) is 24.0. The van der Waals surface area contributed by atoms with Crippen LogP contribution in [0, 0.1) is 0 Å². The van der Waals surface area contributed by atoms with Crippen molar-refractivity contribution >= 4 is 54.9 Å². The first-order chi connectivity index (χ1) is 19.8. The van der Waals surface area contributed by atoms with E-state index in [0.29, 0.717) is 35.2 Å². The number of hydrogen-bond acceptors (Lipinski definition) is 5. The molecule has 41 heavy (non-hydrogen) atoms. The summed E-state index contributed by atoms with van der Waals surface area (Å²) in [5, 5.41) is 5.83. The number of ether oxygens (including phenoxy) is 1. The molecule has 0 bridgehead atoms. The van der Waals surface area contributed by atoms with Gasteiger partial charge in [0.05, 0.1) is 39.5 Å². The highest BCUT2D eigenvalue weighted by atomic mass is 35.5. The molecule has 9 heteroatoms. The molecule has 1 saturated heterocycles. The lowest BCUT2D eigenvalue weighted by Crippen LogP contribution is -2.35. The van der Waals surface area contributed by atoms with E-state index >= 15 is 0 Å². The number of fused-ring (bicyclic) bond motifs is 2. The Balaban J connectivity index is 1.37. The monoisotopic (exact) mass is 585 g/mol. The summed E-state index contributed by atoms with van der Waals surface area (Å²) in [6, 6.07) is 25.5. The highest BCUT2D eigenvalue weighted by molar-refractivity contribution is 7.89. The van der Waals surface area contributed by atoms with Crippen LogP contribution in [0.15, 0.2) is 89.8 Å². The van der Waals surface area contributed by atoms with E-state index < -0.39 is 15.9 Å². The minimum atomic E-state index is -3.70. The molecule has 2 heterocycles. The average Bonchev–Trinajstić information content (AvgIpc) is 3.01. The van der Waals surface area contributed by atoms with Crippen LogP contribution in [-0.4, -0.2) is 43.8 Å². The Kier molecular flexibility index (Phi) is 7.38. The lowest BCUT2D eigenvalue weighted by atomic mass is 10.0. The number of carbonyl (C=O) groups excluding carboxylic acids is 1. The minimum absolute atomic E-state index is 0.104. The van der Waals surface area contributed by atoms with Gasteiger partial charge in [0.15, 0.2) is 0 Å². The number of aromatic nitrogens is 1. The number of hydrogen-bond donors (Lipinski definition) is 1. The predicted octanol–water partition coefficient (Wildman–Crippen LogP) is 7.14. The smallest absolute Gasteiger partial charge is 0.256 e. The molecule has 0 aliphatic carbocycles. The molecule has 1 aliphatic rings. The van der Waals surface area contributed by atoms with Crippen molar-refractivity contribution in [2.75, 3.05) is 25.5 Å². The van der Waals surface area contributed by atoms with Crippen molar-refractivity contribution < 1.29 is 17.9 Å². The molecule has 5 aromatic rings. The van der Waals surface area contributed by atoms with Gasteiger partial charge < -0.3 is 10.1 Å². The van der Waals surface area contributed by atoms with E-state index in [2.05, 4.69) is 5.32 Å². The van der Waals surface area contributed by atoms with Gasteiger partial charge in [-0.05, 0) is 72.1 Å². The number of rotatable bonds is 6. The third-order valence-corrected chi connectivity index (χ3v) is 9.67. The number of sulfonamides is 1. The van der Waals surface area contributed by atoms with Gasteiger partial charge >= 0.3 is 0 Å². The Morgan fingerprint density at radius 3 is 2.46 bits per heavy atom. The number of amides is 1. The normalized spacial score (nSPS) is 14.3. The van der Waals surface area contributed by atoms with Gasteiger partial charge in [0.1, 0.15) is 5.75 Å². The van der Waals surface area contributed by atoms with Crippen molar-refractivity contribution in [1.82, 2.24) is 9.29 Å². The molecule has 0 atom stereocenters. The lowest BCUT2D eigenvalue weighted by Gasteiger charge is -2.26. The molecule has 0 unspecified atom stereocenters. The molecule has 1 aliphatic heterocycles. The van der Waals surface area contributed by atoms with Crippen molar-refractivity contribution in [3.8, 4) is 17.0 Å². The number of halogens is 1. The van der Waals surface area contributed by atoms with E-state index in [9.17, 15) is 13.2 Å². The summed E-state index contributed by atoms with van der Waals surface area (Å²) in [6.45, 7) is 0.974. The van der Waals surface area contributed by atoms with Crippen molar-refractivity contribution in [3.63, 3.8) is 0 Å². The van der Waals surface area contributed by atoms with Crippen LogP contribution in [-0.2, 0) is 10.0 Å². The number of benzene rings is 4. The summed E-state index contributed by atoms with van der Waals surface area (Å²) in [7, 11) is -2.06. The van der Waals surface area contributed by atoms with E-state index in [0.717, 1.165) is 41.3 Å². The highest BCUT2D eigenvalue weighted by Crippen LogP contribution is 2.32. The summed E-state index contributed by atoms with van der Waals surface area (Å²) >= 11 is 6.44. The quantitative estimate of drug-likeness (QED) is 0.229. The molecule has 208 valence electrons. The van der Waals surface area contributed by atoms with Gasteiger partial charge in [-0.1, -0.05) is 54.4 Å². The molecule has 0 saturated carbocycles. The highest BCUT2D eigenvalue weighted by Gasteiger charge is 2.27. The second-order valence-electron chi connectivity index (χ2n) is 10.1. The van der Waals surface area contributed by atoms with Crippen molar-refractivity contribution in [2.24, 2.45) is 0 Å². The van der Waals surface area contributed by atoms with Gasteiger partial charge in [-0.15, -0.1) is 0 Å². The largest absolute Gasteiger partial charge is 0.497 e. The summed E-state index contributed by atoms with van der Waals surface area (Å²) in [5.74, 6) is 0.365. The second-order valence-corrected chi connectivity index (χ2v) is 12.4. The molecule has 0 radical (unpaired) electrons. The molecule has 0 spiro atoms. The number of piperidine rings is 1. The van der Waals surface area contributed by atoms with Crippen molar-refractivity contribution in [3.05, 3.63) is 95.5 Å². The Morgan fingerprint density at radius 1 is 0.902 bits per heavy atom. The third kappa shape index (κ3) is 5.38. The fourth-order valence-corrected chi connectivity index (χ4v) is 6.93. The van der Waals surface area contributed by atoms with Crippen LogP contribution in [0.5, 0.6) is 5.75 Å². The average molecular weight is 586 g/mol. The van der Waals surface area contributed by atoms with Gasteiger partial charge in [0, 0.05) is 24.0 Å². The van der Waals surface area contributed by atoms with Crippen LogP contribution in [0.4, 0.5) is 5.69 Å². The summed E-state index contributed by atoms with van der Waals surface area (Å²) in [4.78, 5) is 18.7. The first kappa shape index (κ1) is 27.2. The van der Waals surface area contributed by atoms with E-state index in [1.807, 2.05) is 60.7 Å². The van der Waals surface area contributed by atoms with E-state index in [1.165, 1.54) is 22.5 Å². The minimum Gasteiger partial charge on any atom is -0.497 e. The maximum atomic E-state index is 13.7. The fourth-order valence-electron chi connectivity index (χ4n) is 5.23. The molecule has 1 fully saturated rings. The Hall–Kier alpha value is -3.98. The Bertz CT molecular complexity index is 1900. The maximum absolute atomic E-state index is 13.7. The van der Waals surface area contributed by atoms with Gasteiger partial charge in [-0.25, -0.2) is 13.4 Å². The van der Waals surface area contributed by atoms with E-state index in [4.69, 9.17) is 21.3 Å². The Labute approximate surface area is 243 Å². The summed E-state index contributed by atoms with van der Waals surface area (Å²) in [6.07, 6.45) is 2.68. The number of para-hydroxylation sites is 1. The van der Waals surface area contributed by atoms with Gasteiger partial charge in [0.2, 0.25) is 10.0 Å². The molecule has 4 aromatic carbocycles. The van der Waals surface area contributed by atoms with Gasteiger partial charge in [0.25, 0.3) is 5.91 Å². The molecular weight excluding hydrogens is 558 g/mol. The maximum Gasteiger partial charge on any atom is 0.256 e. The van der Waals surface area contributed by atoms with Crippen LogP contribution in [0.3, 0.4) is 0 Å². The zero-order chi connectivity index (χ0) is 28.6. The Morgan fingerprint density at radius 2 is 1.66 bits per heavy atom.